The van der Waals surface area contributed by atoms with E-state index in [9.17, 15) is 9.59 Å². The Labute approximate surface area is 173 Å². The van der Waals surface area contributed by atoms with E-state index in [0.29, 0.717) is 28.4 Å². The van der Waals surface area contributed by atoms with Gasteiger partial charge in [0, 0.05) is 11.6 Å². The Morgan fingerprint density at radius 2 is 1.60 bits per heavy atom. The molecule has 6 nitrogen and oxygen atoms in total. The van der Waals surface area contributed by atoms with Gasteiger partial charge in [0.2, 0.25) is 5.78 Å². The highest BCUT2D eigenvalue weighted by Gasteiger charge is 2.28. The standard InChI is InChI=1S/C24H18O6/c1-27-19-9-5-3-7-15(19)13-22-23(25)17-12-11-16(14-21(17)30-22)29-24(26)18-8-4-6-10-20(18)28-2/h3-14H,1-2H3/b22-13-. The lowest BCUT2D eigenvalue weighted by Crippen LogP contribution is -2.10. The first-order valence-electron chi connectivity index (χ1n) is 9.17. The van der Waals surface area contributed by atoms with Crippen molar-refractivity contribution in [1.29, 1.82) is 0 Å². The molecule has 3 aromatic carbocycles. The summed E-state index contributed by atoms with van der Waals surface area (Å²) in [6, 6.07) is 18.7. The zero-order valence-electron chi connectivity index (χ0n) is 16.4. The Bertz CT molecular complexity index is 1160. The van der Waals surface area contributed by atoms with Crippen LogP contribution in [0.3, 0.4) is 0 Å². The van der Waals surface area contributed by atoms with E-state index in [4.69, 9.17) is 18.9 Å². The molecule has 0 bridgehead atoms. The van der Waals surface area contributed by atoms with E-state index < -0.39 is 5.97 Å². The summed E-state index contributed by atoms with van der Waals surface area (Å²) in [7, 11) is 3.04. The van der Waals surface area contributed by atoms with Gasteiger partial charge in [0.05, 0.1) is 19.8 Å². The summed E-state index contributed by atoms with van der Waals surface area (Å²) in [5.41, 5.74) is 1.42. The van der Waals surface area contributed by atoms with Crippen molar-refractivity contribution in [1.82, 2.24) is 0 Å². The molecule has 0 fully saturated rings. The fraction of sp³-hybridized carbons (Fsp3) is 0.0833. The molecule has 0 spiro atoms. The molecule has 1 aliphatic rings. The molecule has 150 valence electrons. The molecule has 0 aromatic heterocycles. The molecule has 0 N–H and O–H groups in total. The molecule has 3 aromatic rings. The summed E-state index contributed by atoms with van der Waals surface area (Å²) in [6.07, 6.45) is 1.63. The first kappa shape index (κ1) is 19.3. The summed E-state index contributed by atoms with van der Waals surface area (Å²) in [5.74, 6) is 0.978. The van der Waals surface area contributed by atoms with Crippen molar-refractivity contribution < 1.29 is 28.5 Å². The number of carbonyl (C=O) groups is 2. The van der Waals surface area contributed by atoms with Crippen molar-refractivity contribution in [2.75, 3.05) is 14.2 Å². The fourth-order valence-corrected chi connectivity index (χ4v) is 3.13. The number of allylic oxidation sites excluding steroid dienone is 1. The Balaban J connectivity index is 1.58. The summed E-state index contributed by atoms with van der Waals surface area (Å²) in [5, 5.41) is 0. The number of hydrogen-bond donors (Lipinski definition) is 0. The molecular formula is C24H18O6. The number of para-hydroxylation sites is 2. The van der Waals surface area contributed by atoms with Gasteiger partial charge in [-0.3, -0.25) is 4.79 Å². The van der Waals surface area contributed by atoms with Gasteiger partial charge >= 0.3 is 5.97 Å². The molecule has 0 atom stereocenters. The third-order valence-electron chi connectivity index (χ3n) is 4.60. The number of Topliss-reactive ketones (excluding diaryl/α,β-unsaturated/α-hetero) is 1. The van der Waals surface area contributed by atoms with E-state index in [2.05, 4.69) is 0 Å². The topological polar surface area (TPSA) is 71.1 Å². The number of esters is 1. The zero-order valence-corrected chi connectivity index (χ0v) is 16.4. The van der Waals surface area contributed by atoms with Crippen molar-refractivity contribution in [2.45, 2.75) is 0 Å². The lowest BCUT2D eigenvalue weighted by Gasteiger charge is -2.08. The molecule has 0 aliphatic carbocycles. The van der Waals surface area contributed by atoms with Gasteiger partial charge < -0.3 is 18.9 Å². The predicted octanol–water partition coefficient (Wildman–Crippen LogP) is 4.54. The summed E-state index contributed by atoms with van der Waals surface area (Å²) < 4.78 is 21.7. The Morgan fingerprint density at radius 1 is 0.900 bits per heavy atom. The van der Waals surface area contributed by atoms with Gasteiger partial charge in [-0.2, -0.15) is 0 Å². The third kappa shape index (κ3) is 3.63. The van der Waals surface area contributed by atoms with Crippen molar-refractivity contribution in [3.8, 4) is 23.0 Å². The number of hydrogen-bond acceptors (Lipinski definition) is 6. The molecule has 1 heterocycles. The lowest BCUT2D eigenvalue weighted by molar-refractivity contribution is 0.0731. The van der Waals surface area contributed by atoms with Crippen LogP contribution in [-0.4, -0.2) is 26.0 Å². The number of ether oxygens (including phenoxy) is 4. The van der Waals surface area contributed by atoms with Crippen molar-refractivity contribution in [3.05, 3.63) is 89.2 Å². The average molecular weight is 402 g/mol. The highest BCUT2D eigenvalue weighted by Crippen LogP contribution is 2.36. The van der Waals surface area contributed by atoms with Gasteiger partial charge in [-0.1, -0.05) is 30.3 Å². The van der Waals surface area contributed by atoms with Gasteiger partial charge in [-0.15, -0.1) is 0 Å². The lowest BCUT2D eigenvalue weighted by atomic mass is 10.1. The second kappa shape index (κ2) is 8.13. The zero-order chi connectivity index (χ0) is 21.1. The number of ketones is 1. The number of benzene rings is 3. The van der Waals surface area contributed by atoms with Crippen LogP contribution in [-0.2, 0) is 0 Å². The van der Waals surface area contributed by atoms with Gasteiger partial charge in [0.1, 0.15) is 28.6 Å². The summed E-state index contributed by atoms with van der Waals surface area (Å²) >= 11 is 0. The number of rotatable bonds is 5. The van der Waals surface area contributed by atoms with E-state index in [1.807, 2.05) is 18.2 Å². The normalized spacial score (nSPS) is 13.5. The van der Waals surface area contributed by atoms with Crippen molar-refractivity contribution >= 4 is 17.8 Å². The first-order valence-corrected chi connectivity index (χ1v) is 9.17. The molecule has 0 radical (unpaired) electrons. The number of fused-ring (bicyclic) bond motifs is 1. The summed E-state index contributed by atoms with van der Waals surface area (Å²) in [6.45, 7) is 0. The second-order valence-corrected chi connectivity index (χ2v) is 6.43. The highest BCUT2D eigenvalue weighted by atomic mass is 16.5. The largest absolute Gasteiger partial charge is 0.496 e. The third-order valence-corrected chi connectivity index (χ3v) is 4.60. The monoisotopic (exact) mass is 402 g/mol. The van der Waals surface area contributed by atoms with Crippen LogP contribution in [0, 0.1) is 0 Å². The maximum atomic E-state index is 12.7. The van der Waals surface area contributed by atoms with Gasteiger partial charge in [0.15, 0.2) is 5.76 Å². The van der Waals surface area contributed by atoms with E-state index in [0.717, 1.165) is 5.56 Å². The van der Waals surface area contributed by atoms with Gasteiger partial charge in [-0.05, 0) is 36.4 Å². The molecule has 30 heavy (non-hydrogen) atoms. The molecule has 0 saturated carbocycles. The van der Waals surface area contributed by atoms with Crippen molar-refractivity contribution in [3.63, 3.8) is 0 Å². The second-order valence-electron chi connectivity index (χ2n) is 6.43. The number of carbonyl (C=O) groups excluding carboxylic acids is 2. The molecule has 6 heteroatoms. The van der Waals surface area contributed by atoms with Crippen LogP contribution in [0.4, 0.5) is 0 Å². The average Bonchev–Trinajstić information content (AvgIpc) is 3.08. The Kier molecular flexibility index (Phi) is 5.22. The smallest absolute Gasteiger partial charge is 0.347 e. The molecule has 4 rings (SSSR count). The van der Waals surface area contributed by atoms with Crippen LogP contribution in [0.1, 0.15) is 26.3 Å². The van der Waals surface area contributed by atoms with E-state index in [-0.39, 0.29) is 17.3 Å². The molecule has 1 aliphatic heterocycles. The maximum absolute atomic E-state index is 12.7. The maximum Gasteiger partial charge on any atom is 0.347 e. The van der Waals surface area contributed by atoms with Crippen LogP contribution < -0.4 is 18.9 Å². The fourth-order valence-electron chi connectivity index (χ4n) is 3.13. The minimum absolute atomic E-state index is 0.169. The van der Waals surface area contributed by atoms with E-state index in [1.165, 1.54) is 13.2 Å². The number of methoxy groups -OCH3 is 2. The first-order chi connectivity index (χ1) is 14.6. The summed E-state index contributed by atoms with van der Waals surface area (Å²) in [4.78, 5) is 25.2. The van der Waals surface area contributed by atoms with Crippen LogP contribution in [0.25, 0.3) is 6.08 Å². The van der Waals surface area contributed by atoms with Gasteiger partial charge in [0.25, 0.3) is 0 Å². The van der Waals surface area contributed by atoms with Crippen LogP contribution >= 0.6 is 0 Å². The highest BCUT2D eigenvalue weighted by molar-refractivity contribution is 6.14. The molecule has 0 amide bonds. The molecule has 0 saturated heterocycles. The van der Waals surface area contributed by atoms with Crippen LogP contribution in [0.5, 0.6) is 23.0 Å². The minimum atomic E-state index is -0.568. The van der Waals surface area contributed by atoms with Crippen LogP contribution in [0.2, 0.25) is 0 Å². The Hall–Kier alpha value is -4.06. The van der Waals surface area contributed by atoms with E-state index in [1.54, 1.807) is 55.7 Å². The van der Waals surface area contributed by atoms with E-state index >= 15 is 0 Å². The van der Waals surface area contributed by atoms with Gasteiger partial charge in [-0.25, -0.2) is 4.79 Å². The van der Waals surface area contributed by atoms with Crippen molar-refractivity contribution in [2.24, 2.45) is 0 Å². The molecular weight excluding hydrogens is 384 g/mol. The van der Waals surface area contributed by atoms with Crippen LogP contribution in [0.15, 0.2) is 72.5 Å². The molecule has 0 unspecified atom stereocenters. The minimum Gasteiger partial charge on any atom is -0.496 e. The quantitative estimate of drug-likeness (QED) is 0.355. The predicted molar refractivity (Wildman–Crippen MR) is 110 cm³/mol. The Morgan fingerprint density at radius 3 is 2.37 bits per heavy atom. The SMILES string of the molecule is COc1ccccc1/C=C1\Oc2cc(OC(=O)c3ccccc3OC)ccc2C1=O.